The maximum Gasteiger partial charge on any atom is 0.0942 e. The van der Waals surface area contributed by atoms with E-state index < -0.39 is 6.10 Å². The van der Waals surface area contributed by atoms with Crippen LogP contribution in [0.5, 0.6) is 0 Å². The summed E-state index contributed by atoms with van der Waals surface area (Å²) in [5.41, 5.74) is 1.89. The smallest absolute Gasteiger partial charge is 0.0942 e. The van der Waals surface area contributed by atoms with Gasteiger partial charge in [0.2, 0.25) is 0 Å². The maximum absolute atomic E-state index is 9.15. The Kier molecular flexibility index (Phi) is 3.91. The maximum atomic E-state index is 9.15. The van der Waals surface area contributed by atoms with Crippen LogP contribution in [0.25, 0.3) is 0 Å². The molecule has 1 aromatic rings. The van der Waals surface area contributed by atoms with Crippen LogP contribution in [-0.4, -0.2) is 39.2 Å². The average molecular weight is 199 g/mol. The van der Waals surface area contributed by atoms with Crippen LogP contribution in [0.4, 0.5) is 5.69 Å². The quantitative estimate of drug-likeness (QED) is 0.611. The van der Waals surface area contributed by atoms with Gasteiger partial charge in [-0.1, -0.05) is 6.92 Å². The third-order valence-electron chi connectivity index (χ3n) is 1.98. The zero-order chi connectivity index (χ0) is 10.6. The molecule has 0 bridgehead atoms. The van der Waals surface area contributed by atoms with E-state index in [-0.39, 0.29) is 6.61 Å². The van der Waals surface area contributed by atoms with E-state index in [0.717, 1.165) is 17.8 Å². The summed E-state index contributed by atoms with van der Waals surface area (Å²) >= 11 is 0. The molecule has 14 heavy (non-hydrogen) atoms. The Morgan fingerprint density at radius 1 is 1.64 bits per heavy atom. The van der Waals surface area contributed by atoms with E-state index in [1.54, 1.807) is 4.68 Å². The van der Waals surface area contributed by atoms with Gasteiger partial charge in [-0.25, -0.2) is 0 Å². The minimum atomic E-state index is -0.722. The average Bonchev–Trinajstić information content (AvgIpc) is 2.55. The van der Waals surface area contributed by atoms with Crippen molar-refractivity contribution in [3.05, 3.63) is 11.9 Å². The number of nitrogens with zero attached hydrogens (tertiary/aromatic N) is 2. The first-order chi connectivity index (χ1) is 6.67. The molecule has 3 N–H and O–H groups in total. The number of anilines is 1. The van der Waals surface area contributed by atoms with Crippen molar-refractivity contribution >= 4 is 5.69 Å². The van der Waals surface area contributed by atoms with E-state index in [4.69, 9.17) is 10.2 Å². The normalized spacial score (nSPS) is 12.9. The molecule has 0 aliphatic carbocycles. The van der Waals surface area contributed by atoms with Crippen LogP contribution in [0, 0.1) is 0 Å². The number of aromatic nitrogens is 2. The summed E-state index contributed by atoms with van der Waals surface area (Å²) in [5, 5.41) is 25.1. The summed E-state index contributed by atoms with van der Waals surface area (Å²) in [6.07, 6.45) is 1.99. The number of rotatable bonds is 5. The third-order valence-corrected chi connectivity index (χ3v) is 1.98. The molecular weight excluding hydrogens is 182 g/mol. The zero-order valence-electron chi connectivity index (χ0n) is 8.56. The molecule has 0 aliphatic rings. The first-order valence-corrected chi connectivity index (χ1v) is 4.72. The van der Waals surface area contributed by atoms with E-state index in [1.165, 1.54) is 0 Å². The fourth-order valence-corrected chi connectivity index (χ4v) is 1.24. The standard InChI is InChI=1S/C9H17N3O2/c1-3-8-9(5-12(2)11-8)10-4-7(14)6-13/h5,7,10,13-14H,3-4,6H2,1-2H3. The van der Waals surface area contributed by atoms with Gasteiger partial charge in [-0.3, -0.25) is 4.68 Å². The van der Waals surface area contributed by atoms with Gasteiger partial charge in [0.15, 0.2) is 0 Å². The van der Waals surface area contributed by atoms with Crippen molar-refractivity contribution in [2.24, 2.45) is 7.05 Å². The topological polar surface area (TPSA) is 70.3 Å². The molecule has 0 spiro atoms. The summed E-state index contributed by atoms with van der Waals surface area (Å²) in [6, 6.07) is 0. The largest absolute Gasteiger partial charge is 0.394 e. The third kappa shape index (κ3) is 2.71. The van der Waals surface area contributed by atoms with Crippen molar-refractivity contribution < 1.29 is 10.2 Å². The molecule has 1 rings (SSSR count). The Bertz CT molecular complexity index is 286. The van der Waals surface area contributed by atoms with Crippen molar-refractivity contribution in [3.63, 3.8) is 0 Å². The molecular formula is C9H17N3O2. The Morgan fingerprint density at radius 3 is 2.93 bits per heavy atom. The first kappa shape index (κ1) is 11.0. The highest BCUT2D eigenvalue weighted by Crippen LogP contribution is 2.13. The predicted octanol–water partition coefficient (Wildman–Crippen LogP) is -0.252. The van der Waals surface area contributed by atoms with Gasteiger partial charge >= 0.3 is 0 Å². The second-order valence-corrected chi connectivity index (χ2v) is 3.23. The molecule has 1 aromatic heterocycles. The molecule has 0 aliphatic heterocycles. The number of aliphatic hydroxyl groups is 2. The molecule has 1 unspecified atom stereocenters. The fourth-order valence-electron chi connectivity index (χ4n) is 1.24. The van der Waals surface area contributed by atoms with Gasteiger partial charge in [0.1, 0.15) is 0 Å². The van der Waals surface area contributed by atoms with Crippen LogP contribution in [0.15, 0.2) is 6.20 Å². The minimum Gasteiger partial charge on any atom is -0.394 e. The van der Waals surface area contributed by atoms with Crippen LogP contribution < -0.4 is 5.32 Å². The Morgan fingerprint density at radius 2 is 2.36 bits per heavy atom. The van der Waals surface area contributed by atoms with E-state index in [2.05, 4.69) is 10.4 Å². The van der Waals surface area contributed by atoms with Crippen LogP contribution in [0.2, 0.25) is 0 Å². The van der Waals surface area contributed by atoms with Crippen LogP contribution in [0.1, 0.15) is 12.6 Å². The Hall–Kier alpha value is -1.07. The van der Waals surface area contributed by atoms with E-state index >= 15 is 0 Å². The summed E-state index contributed by atoms with van der Waals surface area (Å²) < 4.78 is 1.73. The molecule has 0 radical (unpaired) electrons. The molecule has 1 heterocycles. The van der Waals surface area contributed by atoms with Crippen LogP contribution >= 0.6 is 0 Å². The van der Waals surface area contributed by atoms with Gasteiger partial charge in [0.25, 0.3) is 0 Å². The highest BCUT2D eigenvalue weighted by Gasteiger charge is 2.07. The molecule has 1 atom stereocenters. The van der Waals surface area contributed by atoms with Gasteiger partial charge < -0.3 is 15.5 Å². The molecule has 0 aromatic carbocycles. The highest BCUT2D eigenvalue weighted by atomic mass is 16.3. The van der Waals surface area contributed by atoms with E-state index in [9.17, 15) is 0 Å². The molecule has 5 heteroatoms. The molecule has 80 valence electrons. The molecule has 0 amide bonds. The van der Waals surface area contributed by atoms with Crippen LogP contribution in [0.3, 0.4) is 0 Å². The second kappa shape index (κ2) is 4.97. The van der Waals surface area contributed by atoms with Crippen LogP contribution in [-0.2, 0) is 13.5 Å². The number of aryl methyl sites for hydroxylation is 2. The second-order valence-electron chi connectivity index (χ2n) is 3.23. The van der Waals surface area contributed by atoms with Crippen molar-refractivity contribution in [1.29, 1.82) is 0 Å². The zero-order valence-corrected chi connectivity index (χ0v) is 8.56. The van der Waals surface area contributed by atoms with Crippen molar-refractivity contribution in [1.82, 2.24) is 9.78 Å². The molecule has 0 saturated carbocycles. The Balaban J connectivity index is 2.57. The van der Waals surface area contributed by atoms with E-state index in [0.29, 0.717) is 6.54 Å². The van der Waals surface area contributed by atoms with Crippen molar-refractivity contribution in [3.8, 4) is 0 Å². The lowest BCUT2D eigenvalue weighted by Gasteiger charge is -2.09. The first-order valence-electron chi connectivity index (χ1n) is 4.72. The number of hydrogen-bond donors (Lipinski definition) is 3. The van der Waals surface area contributed by atoms with Gasteiger partial charge in [-0.15, -0.1) is 0 Å². The van der Waals surface area contributed by atoms with Gasteiger partial charge in [-0.05, 0) is 6.42 Å². The lowest BCUT2D eigenvalue weighted by atomic mass is 10.3. The molecule has 0 fully saturated rings. The summed E-state index contributed by atoms with van der Waals surface area (Å²) in [6.45, 7) is 2.14. The fraction of sp³-hybridized carbons (Fsp3) is 0.667. The molecule has 0 saturated heterocycles. The summed E-state index contributed by atoms with van der Waals surface area (Å²) in [7, 11) is 1.85. The molecule has 5 nitrogen and oxygen atoms in total. The number of hydrogen-bond acceptors (Lipinski definition) is 4. The van der Waals surface area contributed by atoms with E-state index in [1.807, 2.05) is 20.2 Å². The number of nitrogens with one attached hydrogen (secondary N) is 1. The van der Waals surface area contributed by atoms with Gasteiger partial charge in [-0.2, -0.15) is 5.10 Å². The van der Waals surface area contributed by atoms with Crippen molar-refractivity contribution in [2.75, 3.05) is 18.5 Å². The minimum absolute atomic E-state index is 0.227. The number of aliphatic hydroxyl groups excluding tert-OH is 2. The van der Waals surface area contributed by atoms with Gasteiger partial charge in [0.05, 0.1) is 24.1 Å². The highest BCUT2D eigenvalue weighted by molar-refractivity contribution is 5.46. The monoisotopic (exact) mass is 199 g/mol. The van der Waals surface area contributed by atoms with Crippen molar-refractivity contribution in [2.45, 2.75) is 19.4 Å². The Labute approximate surface area is 83.4 Å². The summed E-state index contributed by atoms with van der Waals surface area (Å²) in [5.74, 6) is 0. The lowest BCUT2D eigenvalue weighted by molar-refractivity contribution is 0.105. The summed E-state index contributed by atoms with van der Waals surface area (Å²) in [4.78, 5) is 0. The SMILES string of the molecule is CCc1nn(C)cc1NCC(O)CO. The lowest BCUT2D eigenvalue weighted by Crippen LogP contribution is -2.23. The van der Waals surface area contributed by atoms with Gasteiger partial charge in [0, 0.05) is 19.8 Å². The predicted molar refractivity (Wildman–Crippen MR) is 54.2 cm³/mol.